The van der Waals surface area contributed by atoms with Gasteiger partial charge in [-0.1, -0.05) is 36.8 Å². The van der Waals surface area contributed by atoms with Crippen molar-refractivity contribution in [3.63, 3.8) is 0 Å². The van der Waals surface area contributed by atoms with Crippen LogP contribution in [-0.2, 0) is 6.54 Å². The topological polar surface area (TPSA) is 92.3 Å². The number of carbonyl (C=O) groups is 1. The first-order chi connectivity index (χ1) is 18.8. The molecule has 0 aliphatic carbocycles. The van der Waals surface area contributed by atoms with E-state index < -0.39 is 18.8 Å². The lowest BCUT2D eigenvalue weighted by Crippen LogP contribution is -2.37. The Morgan fingerprint density at radius 1 is 0.974 bits per heavy atom. The van der Waals surface area contributed by atoms with Crippen molar-refractivity contribution in [1.29, 1.82) is 0 Å². The number of halogens is 4. The average molecular weight is 547 g/mol. The van der Waals surface area contributed by atoms with Gasteiger partial charge in [0.1, 0.15) is 5.82 Å². The van der Waals surface area contributed by atoms with Crippen LogP contribution in [0.25, 0.3) is 0 Å². The maximum Gasteiger partial charge on any atom is 0.422 e. The second-order valence-corrected chi connectivity index (χ2v) is 9.21. The van der Waals surface area contributed by atoms with Crippen LogP contribution in [0.5, 0.6) is 6.01 Å². The van der Waals surface area contributed by atoms with Crippen LogP contribution in [0.3, 0.4) is 0 Å². The third kappa shape index (κ3) is 8.88. The van der Waals surface area contributed by atoms with Gasteiger partial charge in [0.2, 0.25) is 5.95 Å². The highest BCUT2D eigenvalue weighted by Gasteiger charge is 2.30. The number of alkyl halides is 3. The van der Waals surface area contributed by atoms with Gasteiger partial charge in [-0.15, -0.1) is 0 Å². The molecule has 1 saturated heterocycles. The first-order valence-corrected chi connectivity index (χ1v) is 12.8. The van der Waals surface area contributed by atoms with E-state index in [1.807, 2.05) is 6.07 Å². The molecule has 208 valence electrons. The van der Waals surface area contributed by atoms with Gasteiger partial charge >= 0.3 is 12.2 Å². The number of rotatable bonds is 11. The van der Waals surface area contributed by atoms with E-state index in [1.165, 1.54) is 12.1 Å². The molecule has 2 N–H and O–H groups in total. The molecule has 39 heavy (non-hydrogen) atoms. The number of amides is 1. The molecule has 0 saturated carbocycles. The third-order valence-electron chi connectivity index (χ3n) is 6.23. The van der Waals surface area contributed by atoms with E-state index in [0.29, 0.717) is 18.5 Å². The molecule has 3 aromatic rings. The van der Waals surface area contributed by atoms with Crippen LogP contribution < -0.4 is 15.4 Å². The van der Waals surface area contributed by atoms with Crippen LogP contribution in [0.2, 0.25) is 0 Å². The van der Waals surface area contributed by atoms with E-state index in [0.717, 1.165) is 37.9 Å². The Morgan fingerprint density at radius 3 is 2.38 bits per heavy atom. The highest BCUT2D eigenvalue weighted by atomic mass is 19.4. The second kappa shape index (κ2) is 13.3. The van der Waals surface area contributed by atoms with Crippen molar-refractivity contribution < 1.29 is 27.1 Å². The zero-order valence-electron chi connectivity index (χ0n) is 21.3. The number of nitrogens with zero attached hydrogens (tertiary/aromatic N) is 4. The molecule has 0 bridgehead atoms. The minimum atomic E-state index is -4.57. The maximum absolute atomic E-state index is 13.3. The number of benzene rings is 2. The molecule has 2 aromatic carbocycles. The molecule has 1 atom stereocenters. The predicted molar refractivity (Wildman–Crippen MR) is 137 cm³/mol. The van der Waals surface area contributed by atoms with Gasteiger partial charge in [-0.05, 0) is 62.2 Å². The van der Waals surface area contributed by atoms with Crippen LogP contribution in [0.15, 0.2) is 54.6 Å². The number of ether oxygens (including phenoxy) is 1. The summed E-state index contributed by atoms with van der Waals surface area (Å²) in [7, 11) is 0. The summed E-state index contributed by atoms with van der Waals surface area (Å²) >= 11 is 0. The summed E-state index contributed by atoms with van der Waals surface area (Å²) in [5.41, 5.74) is 1.26. The molecule has 1 aromatic heterocycles. The van der Waals surface area contributed by atoms with Crippen LogP contribution in [0.1, 0.15) is 53.5 Å². The van der Waals surface area contributed by atoms with Gasteiger partial charge < -0.3 is 15.4 Å². The predicted octanol–water partition coefficient (Wildman–Crippen LogP) is 4.91. The molecule has 1 fully saturated rings. The molecule has 1 aliphatic heterocycles. The summed E-state index contributed by atoms with van der Waals surface area (Å²) in [5, 5.41) is 5.88. The number of nitrogens with one attached hydrogen (secondary N) is 2. The SMILES string of the molecule is O=C(NCCC(c1nc(NCc2ccc(F)cc2)nc(OCC(F)(F)F)n1)N1CCCCC1)c1ccccc1. The van der Waals surface area contributed by atoms with Crippen molar-refractivity contribution >= 4 is 11.9 Å². The van der Waals surface area contributed by atoms with Crippen molar-refractivity contribution in [3.05, 3.63) is 77.4 Å². The summed E-state index contributed by atoms with van der Waals surface area (Å²) in [6.45, 7) is 0.497. The Bertz CT molecular complexity index is 1210. The Morgan fingerprint density at radius 2 is 1.69 bits per heavy atom. The number of anilines is 1. The molecule has 1 unspecified atom stereocenters. The average Bonchev–Trinajstić information content (AvgIpc) is 2.94. The molecule has 4 rings (SSSR count). The zero-order valence-corrected chi connectivity index (χ0v) is 21.3. The van der Waals surface area contributed by atoms with Crippen molar-refractivity contribution in [3.8, 4) is 6.01 Å². The number of aromatic nitrogens is 3. The van der Waals surface area contributed by atoms with Gasteiger partial charge in [0, 0.05) is 18.7 Å². The first kappa shape index (κ1) is 28.2. The fourth-order valence-corrected chi connectivity index (χ4v) is 4.31. The summed E-state index contributed by atoms with van der Waals surface area (Å²) in [6.07, 6.45) is -1.13. The number of hydrogen-bond acceptors (Lipinski definition) is 7. The van der Waals surface area contributed by atoms with Crippen molar-refractivity contribution in [2.75, 3.05) is 31.6 Å². The summed E-state index contributed by atoms with van der Waals surface area (Å²) in [6, 6.07) is 13.8. The summed E-state index contributed by atoms with van der Waals surface area (Å²) < 4.78 is 56.8. The van der Waals surface area contributed by atoms with Gasteiger partial charge in [0.25, 0.3) is 5.91 Å². The van der Waals surface area contributed by atoms with Crippen molar-refractivity contribution in [2.45, 2.75) is 44.4 Å². The van der Waals surface area contributed by atoms with E-state index >= 15 is 0 Å². The third-order valence-corrected chi connectivity index (χ3v) is 6.23. The highest BCUT2D eigenvalue weighted by molar-refractivity contribution is 5.94. The minimum Gasteiger partial charge on any atom is -0.454 e. The van der Waals surface area contributed by atoms with Crippen LogP contribution in [-0.4, -0.2) is 58.2 Å². The summed E-state index contributed by atoms with van der Waals surface area (Å²) in [4.78, 5) is 27.5. The molecular weight excluding hydrogens is 516 g/mol. The van der Waals surface area contributed by atoms with Crippen molar-refractivity contribution in [1.82, 2.24) is 25.2 Å². The van der Waals surface area contributed by atoms with Gasteiger partial charge in [0.15, 0.2) is 12.4 Å². The molecule has 0 radical (unpaired) electrons. The smallest absolute Gasteiger partial charge is 0.422 e. The monoisotopic (exact) mass is 546 g/mol. The zero-order chi connectivity index (χ0) is 27.7. The number of likely N-dealkylation sites (tertiary alicyclic amines) is 1. The Balaban J connectivity index is 1.55. The lowest BCUT2D eigenvalue weighted by Gasteiger charge is -2.33. The van der Waals surface area contributed by atoms with E-state index in [1.54, 1.807) is 36.4 Å². The molecule has 12 heteroatoms. The quantitative estimate of drug-likeness (QED) is 0.330. The number of hydrogen-bond donors (Lipinski definition) is 2. The second-order valence-electron chi connectivity index (χ2n) is 9.21. The fourth-order valence-electron chi connectivity index (χ4n) is 4.31. The van der Waals surface area contributed by atoms with Crippen LogP contribution >= 0.6 is 0 Å². The van der Waals surface area contributed by atoms with Gasteiger partial charge in [-0.3, -0.25) is 9.69 Å². The highest BCUT2D eigenvalue weighted by Crippen LogP contribution is 2.27. The largest absolute Gasteiger partial charge is 0.454 e. The lowest BCUT2D eigenvalue weighted by molar-refractivity contribution is -0.154. The van der Waals surface area contributed by atoms with Gasteiger partial charge in [-0.25, -0.2) is 4.39 Å². The number of carbonyl (C=O) groups excluding carboxylic acids is 1. The molecule has 1 amide bonds. The maximum atomic E-state index is 13.3. The standard InChI is InChI=1S/C27H30F4N6O2/c28-21-11-9-19(10-12-21)17-33-25-34-23(35-26(36-25)39-18-27(29,30)31)22(37-15-5-2-6-16-37)13-14-32-24(38)20-7-3-1-4-8-20/h1,3-4,7-12,22H,2,5-6,13-18H2,(H,32,38)(H,33,34,35,36). The van der Waals surface area contributed by atoms with E-state index in [2.05, 4.69) is 30.5 Å². The lowest BCUT2D eigenvalue weighted by atomic mass is 10.1. The van der Waals surface area contributed by atoms with E-state index in [-0.39, 0.29) is 36.1 Å². The normalized spacial score (nSPS) is 15.0. The molecule has 8 nitrogen and oxygen atoms in total. The minimum absolute atomic E-state index is 0.0387. The fraction of sp³-hybridized carbons (Fsp3) is 0.407. The molecule has 2 heterocycles. The van der Waals surface area contributed by atoms with Crippen molar-refractivity contribution in [2.24, 2.45) is 0 Å². The Kier molecular flexibility index (Phi) is 9.64. The Labute approximate surface area is 223 Å². The van der Waals surface area contributed by atoms with Gasteiger partial charge in [-0.2, -0.15) is 28.1 Å². The molecule has 0 spiro atoms. The molecule has 1 aliphatic rings. The first-order valence-electron chi connectivity index (χ1n) is 12.8. The van der Waals surface area contributed by atoms with E-state index in [9.17, 15) is 22.4 Å². The summed E-state index contributed by atoms with van der Waals surface area (Å²) in [5.74, 6) is -0.316. The number of piperidine rings is 1. The van der Waals surface area contributed by atoms with E-state index in [4.69, 9.17) is 4.74 Å². The van der Waals surface area contributed by atoms with Gasteiger partial charge in [0.05, 0.1) is 6.04 Å². The molecular formula is C27H30F4N6O2. The van der Waals surface area contributed by atoms with Crippen LogP contribution in [0.4, 0.5) is 23.5 Å². The Hall–Kier alpha value is -3.80. The van der Waals surface area contributed by atoms with Crippen LogP contribution in [0, 0.1) is 5.82 Å².